The Morgan fingerprint density at radius 3 is 2.35 bits per heavy atom. The molecular formula is C16H24N2O2. The Morgan fingerprint density at radius 1 is 1.15 bits per heavy atom. The largest absolute Gasteiger partial charge is 0.342 e. The van der Waals surface area contributed by atoms with Gasteiger partial charge < -0.3 is 10.2 Å². The van der Waals surface area contributed by atoms with Crippen LogP contribution in [0.15, 0.2) is 24.3 Å². The fourth-order valence-electron chi connectivity index (χ4n) is 2.08. The van der Waals surface area contributed by atoms with Gasteiger partial charge in [0, 0.05) is 18.8 Å². The van der Waals surface area contributed by atoms with Gasteiger partial charge in [0.1, 0.15) is 6.42 Å². The Balaban J connectivity index is 2.54. The van der Waals surface area contributed by atoms with Crippen molar-refractivity contribution in [1.29, 1.82) is 0 Å². The lowest BCUT2D eigenvalue weighted by atomic mass is 10.2. The van der Waals surface area contributed by atoms with Crippen LogP contribution in [0.4, 0.5) is 5.69 Å². The van der Waals surface area contributed by atoms with Gasteiger partial charge in [0.25, 0.3) is 0 Å². The van der Waals surface area contributed by atoms with Crippen molar-refractivity contribution >= 4 is 17.5 Å². The molecule has 4 nitrogen and oxygen atoms in total. The van der Waals surface area contributed by atoms with Crippen molar-refractivity contribution in [3.05, 3.63) is 29.8 Å². The first-order chi connectivity index (χ1) is 9.56. The smallest absolute Gasteiger partial charge is 0.233 e. The molecule has 0 saturated carbocycles. The summed E-state index contributed by atoms with van der Waals surface area (Å²) in [7, 11) is 0. The minimum absolute atomic E-state index is 0.0893. The van der Waals surface area contributed by atoms with Crippen molar-refractivity contribution in [2.24, 2.45) is 0 Å². The Hall–Kier alpha value is -1.84. The molecule has 1 N–H and O–H groups in total. The Labute approximate surface area is 121 Å². The maximum absolute atomic E-state index is 12.1. The molecule has 20 heavy (non-hydrogen) atoms. The van der Waals surface area contributed by atoms with Crippen LogP contribution in [0.1, 0.15) is 38.7 Å². The second-order valence-corrected chi connectivity index (χ2v) is 4.98. The number of carbonyl (C=O) groups is 2. The summed E-state index contributed by atoms with van der Waals surface area (Å²) in [6.07, 6.45) is 1.73. The number of benzene rings is 1. The van der Waals surface area contributed by atoms with Crippen molar-refractivity contribution in [3.63, 3.8) is 0 Å². The molecule has 0 bridgehead atoms. The standard InChI is InChI=1S/C16H24N2O2/c1-4-9-18(10-5-2)16(20)12-15(19)17-14-8-6-7-13(3)11-14/h6-8,11H,4-5,9-10,12H2,1-3H3,(H,17,19). The van der Waals surface area contributed by atoms with Crippen LogP contribution in [0.2, 0.25) is 0 Å². The van der Waals surface area contributed by atoms with E-state index in [0.717, 1.165) is 24.1 Å². The predicted octanol–water partition coefficient (Wildman–Crippen LogP) is 2.97. The van der Waals surface area contributed by atoms with E-state index in [1.807, 2.05) is 45.0 Å². The highest BCUT2D eigenvalue weighted by molar-refractivity contribution is 6.03. The average molecular weight is 276 g/mol. The topological polar surface area (TPSA) is 49.4 Å². The van der Waals surface area contributed by atoms with Gasteiger partial charge in [-0.05, 0) is 37.5 Å². The predicted molar refractivity (Wildman–Crippen MR) is 81.6 cm³/mol. The Bertz CT molecular complexity index is 452. The molecule has 0 saturated heterocycles. The molecule has 4 heteroatoms. The van der Waals surface area contributed by atoms with Crippen LogP contribution in [0, 0.1) is 6.92 Å². The molecule has 1 rings (SSSR count). The van der Waals surface area contributed by atoms with E-state index in [-0.39, 0.29) is 18.2 Å². The van der Waals surface area contributed by atoms with E-state index in [1.165, 1.54) is 0 Å². The zero-order valence-corrected chi connectivity index (χ0v) is 12.6. The summed E-state index contributed by atoms with van der Waals surface area (Å²) < 4.78 is 0. The van der Waals surface area contributed by atoms with Crippen molar-refractivity contribution < 1.29 is 9.59 Å². The lowest BCUT2D eigenvalue weighted by Gasteiger charge is -2.21. The lowest BCUT2D eigenvalue weighted by Crippen LogP contribution is -2.35. The van der Waals surface area contributed by atoms with Gasteiger partial charge in [-0.15, -0.1) is 0 Å². The molecule has 0 unspecified atom stereocenters. The van der Waals surface area contributed by atoms with Crippen molar-refractivity contribution in [2.75, 3.05) is 18.4 Å². The highest BCUT2D eigenvalue weighted by atomic mass is 16.2. The van der Waals surface area contributed by atoms with E-state index < -0.39 is 0 Å². The normalized spacial score (nSPS) is 10.2. The van der Waals surface area contributed by atoms with Crippen LogP contribution in [-0.2, 0) is 9.59 Å². The third-order valence-electron chi connectivity index (χ3n) is 2.95. The van der Waals surface area contributed by atoms with Gasteiger partial charge in [0.2, 0.25) is 11.8 Å². The van der Waals surface area contributed by atoms with Crippen LogP contribution >= 0.6 is 0 Å². The molecule has 0 atom stereocenters. The molecule has 0 aliphatic carbocycles. The monoisotopic (exact) mass is 276 g/mol. The van der Waals surface area contributed by atoms with Gasteiger partial charge in [0.05, 0.1) is 0 Å². The second kappa shape index (κ2) is 8.35. The zero-order chi connectivity index (χ0) is 15.0. The number of anilines is 1. The molecule has 1 aromatic rings. The molecule has 0 heterocycles. The summed E-state index contributed by atoms with van der Waals surface area (Å²) in [4.78, 5) is 25.7. The summed E-state index contributed by atoms with van der Waals surface area (Å²) in [6, 6.07) is 7.56. The molecule has 110 valence electrons. The van der Waals surface area contributed by atoms with Gasteiger partial charge in [0.15, 0.2) is 0 Å². The Morgan fingerprint density at radius 2 is 1.80 bits per heavy atom. The number of carbonyl (C=O) groups excluding carboxylic acids is 2. The van der Waals surface area contributed by atoms with Crippen molar-refractivity contribution in [3.8, 4) is 0 Å². The minimum Gasteiger partial charge on any atom is -0.342 e. The first kappa shape index (κ1) is 16.2. The third kappa shape index (κ3) is 5.43. The number of hydrogen-bond donors (Lipinski definition) is 1. The highest BCUT2D eigenvalue weighted by Crippen LogP contribution is 2.10. The first-order valence-corrected chi connectivity index (χ1v) is 7.21. The number of nitrogens with zero attached hydrogens (tertiary/aromatic N) is 1. The summed E-state index contributed by atoms with van der Waals surface area (Å²) >= 11 is 0. The Kier molecular flexibility index (Phi) is 6.77. The van der Waals surface area contributed by atoms with Crippen molar-refractivity contribution in [1.82, 2.24) is 4.90 Å². The fraction of sp³-hybridized carbons (Fsp3) is 0.500. The fourth-order valence-corrected chi connectivity index (χ4v) is 2.08. The molecule has 0 aliphatic rings. The lowest BCUT2D eigenvalue weighted by molar-refractivity contribution is -0.134. The van der Waals surface area contributed by atoms with E-state index in [4.69, 9.17) is 0 Å². The van der Waals surface area contributed by atoms with Crippen LogP contribution in [0.25, 0.3) is 0 Å². The minimum atomic E-state index is -0.252. The van der Waals surface area contributed by atoms with E-state index in [0.29, 0.717) is 13.1 Å². The first-order valence-electron chi connectivity index (χ1n) is 7.21. The second-order valence-electron chi connectivity index (χ2n) is 4.98. The molecule has 0 radical (unpaired) electrons. The summed E-state index contributed by atoms with van der Waals surface area (Å²) in [6.45, 7) is 7.45. The molecule has 0 aliphatic heterocycles. The van der Waals surface area contributed by atoms with Crippen molar-refractivity contribution in [2.45, 2.75) is 40.0 Å². The van der Waals surface area contributed by atoms with Crippen LogP contribution in [0.5, 0.6) is 0 Å². The molecule has 2 amide bonds. The van der Waals surface area contributed by atoms with E-state index in [9.17, 15) is 9.59 Å². The van der Waals surface area contributed by atoms with E-state index in [1.54, 1.807) is 4.90 Å². The van der Waals surface area contributed by atoms with Gasteiger partial charge in [-0.1, -0.05) is 26.0 Å². The zero-order valence-electron chi connectivity index (χ0n) is 12.6. The SMILES string of the molecule is CCCN(CCC)C(=O)CC(=O)Nc1cccc(C)c1. The summed E-state index contributed by atoms with van der Waals surface area (Å²) in [5.41, 5.74) is 1.81. The maximum Gasteiger partial charge on any atom is 0.233 e. The highest BCUT2D eigenvalue weighted by Gasteiger charge is 2.16. The van der Waals surface area contributed by atoms with E-state index in [2.05, 4.69) is 5.32 Å². The van der Waals surface area contributed by atoms with E-state index >= 15 is 0 Å². The molecule has 1 aromatic carbocycles. The molecule has 0 spiro atoms. The number of rotatable bonds is 7. The molecule has 0 aromatic heterocycles. The molecular weight excluding hydrogens is 252 g/mol. The number of aryl methyl sites for hydroxylation is 1. The van der Waals surface area contributed by atoms with Gasteiger partial charge in [-0.25, -0.2) is 0 Å². The van der Waals surface area contributed by atoms with Crippen LogP contribution in [-0.4, -0.2) is 29.8 Å². The number of amides is 2. The third-order valence-corrected chi connectivity index (χ3v) is 2.95. The van der Waals surface area contributed by atoms with Gasteiger partial charge in [-0.2, -0.15) is 0 Å². The number of nitrogens with one attached hydrogen (secondary N) is 1. The maximum atomic E-state index is 12.1. The van der Waals surface area contributed by atoms with Crippen LogP contribution < -0.4 is 5.32 Å². The molecule has 0 fully saturated rings. The number of hydrogen-bond acceptors (Lipinski definition) is 2. The quantitative estimate of drug-likeness (QED) is 0.778. The van der Waals surface area contributed by atoms with Gasteiger partial charge in [-0.3, -0.25) is 9.59 Å². The summed E-state index contributed by atoms with van der Waals surface area (Å²) in [5.74, 6) is -0.350. The van der Waals surface area contributed by atoms with Crippen LogP contribution in [0.3, 0.4) is 0 Å². The van der Waals surface area contributed by atoms with Gasteiger partial charge >= 0.3 is 0 Å². The summed E-state index contributed by atoms with van der Waals surface area (Å²) in [5, 5.41) is 2.77. The average Bonchev–Trinajstić information content (AvgIpc) is 2.38.